The Hall–Kier alpha value is -3.15. The molecule has 2 heterocycles. The van der Waals surface area contributed by atoms with E-state index >= 15 is 0 Å². The molecule has 0 radical (unpaired) electrons. The quantitative estimate of drug-likeness (QED) is 0.763. The number of aryl methyl sites for hydroxylation is 2. The molecule has 1 saturated heterocycles. The highest BCUT2D eigenvalue weighted by molar-refractivity contribution is 5.98. The first-order valence-corrected chi connectivity index (χ1v) is 12.0. The van der Waals surface area contributed by atoms with Gasteiger partial charge in [-0.05, 0) is 79.6 Å². The topological polar surface area (TPSA) is 69.7 Å². The Morgan fingerprint density at radius 1 is 0.939 bits per heavy atom. The fourth-order valence-electron chi connectivity index (χ4n) is 4.71. The van der Waals surface area contributed by atoms with E-state index in [1.807, 2.05) is 62.1 Å². The Labute approximate surface area is 196 Å². The Morgan fingerprint density at radius 3 is 2.39 bits per heavy atom. The van der Waals surface area contributed by atoms with Crippen LogP contribution in [0.25, 0.3) is 0 Å². The van der Waals surface area contributed by atoms with Crippen LogP contribution in [-0.4, -0.2) is 46.7 Å². The summed E-state index contributed by atoms with van der Waals surface area (Å²) in [6, 6.07) is 11.0. The molecule has 1 unspecified atom stereocenters. The lowest BCUT2D eigenvalue weighted by molar-refractivity contribution is -0.137. The number of hydrogen-bond acceptors (Lipinski definition) is 3. The second-order valence-electron chi connectivity index (χ2n) is 9.22. The van der Waals surface area contributed by atoms with Gasteiger partial charge in [-0.15, -0.1) is 0 Å². The smallest absolute Gasteiger partial charge is 0.254 e. The molecule has 1 fully saturated rings. The molecule has 33 heavy (non-hydrogen) atoms. The van der Waals surface area contributed by atoms with Crippen LogP contribution in [0.15, 0.2) is 36.4 Å². The van der Waals surface area contributed by atoms with Crippen molar-refractivity contribution in [2.45, 2.75) is 65.5 Å². The molecule has 0 saturated carbocycles. The van der Waals surface area contributed by atoms with Crippen LogP contribution < -0.4 is 5.32 Å². The molecule has 1 atom stereocenters. The lowest BCUT2D eigenvalue weighted by Crippen LogP contribution is -2.54. The predicted octanol–water partition coefficient (Wildman–Crippen LogP) is 4.23. The van der Waals surface area contributed by atoms with E-state index in [-0.39, 0.29) is 17.7 Å². The molecular weight excluding hydrogens is 414 g/mol. The summed E-state index contributed by atoms with van der Waals surface area (Å²) >= 11 is 0. The van der Waals surface area contributed by atoms with Gasteiger partial charge < -0.3 is 15.1 Å². The zero-order valence-corrected chi connectivity index (χ0v) is 19.8. The second kappa shape index (κ2) is 9.77. The van der Waals surface area contributed by atoms with Gasteiger partial charge in [-0.25, -0.2) is 0 Å². The van der Waals surface area contributed by atoms with Gasteiger partial charge in [-0.1, -0.05) is 19.1 Å². The van der Waals surface area contributed by atoms with Crippen LogP contribution in [0.3, 0.4) is 0 Å². The molecule has 174 valence electrons. The minimum atomic E-state index is -0.513. The Kier molecular flexibility index (Phi) is 6.82. The van der Waals surface area contributed by atoms with Crippen molar-refractivity contribution >= 4 is 23.4 Å². The molecule has 0 aliphatic carbocycles. The van der Waals surface area contributed by atoms with E-state index < -0.39 is 6.04 Å². The van der Waals surface area contributed by atoms with Crippen molar-refractivity contribution in [3.8, 4) is 0 Å². The molecule has 2 aliphatic heterocycles. The van der Waals surface area contributed by atoms with E-state index in [2.05, 4.69) is 5.32 Å². The number of carbonyl (C=O) groups excluding carboxylic acids is 3. The number of nitrogens with one attached hydrogen (secondary N) is 1. The number of carbonyl (C=O) groups is 3. The molecule has 2 aromatic rings. The predicted molar refractivity (Wildman–Crippen MR) is 129 cm³/mol. The first-order valence-electron chi connectivity index (χ1n) is 12.0. The monoisotopic (exact) mass is 447 g/mol. The van der Waals surface area contributed by atoms with Gasteiger partial charge in [0.1, 0.15) is 6.04 Å². The van der Waals surface area contributed by atoms with Crippen LogP contribution in [0, 0.1) is 13.8 Å². The minimum absolute atomic E-state index is 0.0425. The average molecular weight is 448 g/mol. The van der Waals surface area contributed by atoms with Crippen molar-refractivity contribution in [1.82, 2.24) is 9.80 Å². The van der Waals surface area contributed by atoms with Gasteiger partial charge in [0, 0.05) is 43.7 Å². The van der Waals surface area contributed by atoms with Crippen molar-refractivity contribution in [1.29, 1.82) is 0 Å². The first-order chi connectivity index (χ1) is 15.9. The number of nitrogens with zero attached hydrogens (tertiary/aromatic N) is 2. The summed E-state index contributed by atoms with van der Waals surface area (Å²) in [5.41, 5.74) is 5.55. The summed E-state index contributed by atoms with van der Waals surface area (Å²) in [6.07, 6.45) is 4.07. The van der Waals surface area contributed by atoms with Crippen LogP contribution >= 0.6 is 0 Å². The van der Waals surface area contributed by atoms with E-state index in [0.717, 1.165) is 60.3 Å². The molecule has 2 aromatic carbocycles. The van der Waals surface area contributed by atoms with Gasteiger partial charge in [0.25, 0.3) is 5.91 Å². The second-order valence-corrected chi connectivity index (χ2v) is 9.22. The third kappa shape index (κ3) is 4.95. The lowest BCUT2D eigenvalue weighted by atomic mass is 9.91. The number of piperidine rings is 1. The molecule has 0 aromatic heterocycles. The van der Waals surface area contributed by atoms with Crippen LogP contribution in [0.1, 0.15) is 65.2 Å². The zero-order valence-electron chi connectivity index (χ0n) is 19.8. The maximum atomic E-state index is 13.7. The fraction of sp³-hybridized carbons (Fsp3) is 0.444. The summed E-state index contributed by atoms with van der Waals surface area (Å²) in [5, 5.41) is 2.90. The Balaban J connectivity index is 1.67. The SMILES string of the molecule is CCC(=O)Nc1ccc2c(c1)CN(C(=O)c1ccc(C)c(C)c1)C(C(=O)N1CCCCC1)C2. The van der Waals surface area contributed by atoms with E-state index in [1.165, 1.54) is 0 Å². The number of rotatable bonds is 4. The number of hydrogen-bond donors (Lipinski definition) is 1. The summed E-state index contributed by atoms with van der Waals surface area (Å²) in [7, 11) is 0. The molecule has 2 aliphatic rings. The summed E-state index contributed by atoms with van der Waals surface area (Å²) < 4.78 is 0. The van der Waals surface area contributed by atoms with Crippen LogP contribution in [0.4, 0.5) is 5.69 Å². The van der Waals surface area contributed by atoms with Gasteiger partial charge in [-0.3, -0.25) is 14.4 Å². The number of anilines is 1. The van der Waals surface area contributed by atoms with E-state index in [4.69, 9.17) is 0 Å². The van der Waals surface area contributed by atoms with Crippen LogP contribution in [-0.2, 0) is 22.6 Å². The highest BCUT2D eigenvalue weighted by atomic mass is 16.2. The molecule has 6 nitrogen and oxygen atoms in total. The van der Waals surface area contributed by atoms with E-state index in [0.29, 0.717) is 24.9 Å². The maximum absolute atomic E-state index is 13.7. The summed E-state index contributed by atoms with van der Waals surface area (Å²) in [5.74, 6) is -0.130. The number of likely N-dealkylation sites (tertiary alicyclic amines) is 1. The molecule has 1 N–H and O–H groups in total. The Morgan fingerprint density at radius 2 is 1.70 bits per heavy atom. The third-order valence-electron chi connectivity index (χ3n) is 6.91. The number of benzene rings is 2. The van der Waals surface area contributed by atoms with Crippen molar-refractivity contribution in [3.63, 3.8) is 0 Å². The molecule has 0 bridgehead atoms. The fourth-order valence-corrected chi connectivity index (χ4v) is 4.71. The number of fused-ring (bicyclic) bond motifs is 1. The van der Waals surface area contributed by atoms with Gasteiger partial charge in [0.15, 0.2) is 0 Å². The van der Waals surface area contributed by atoms with Crippen molar-refractivity contribution in [3.05, 3.63) is 64.2 Å². The van der Waals surface area contributed by atoms with Crippen LogP contribution in [0.5, 0.6) is 0 Å². The van der Waals surface area contributed by atoms with Gasteiger partial charge in [0.2, 0.25) is 11.8 Å². The highest BCUT2D eigenvalue weighted by Gasteiger charge is 2.37. The molecule has 0 spiro atoms. The van der Waals surface area contributed by atoms with Gasteiger partial charge in [-0.2, -0.15) is 0 Å². The van der Waals surface area contributed by atoms with E-state index in [1.54, 1.807) is 4.90 Å². The summed E-state index contributed by atoms with van der Waals surface area (Å²) in [4.78, 5) is 42.7. The average Bonchev–Trinajstić information content (AvgIpc) is 2.84. The lowest BCUT2D eigenvalue weighted by Gasteiger charge is -2.40. The molecule has 3 amide bonds. The normalized spacial score (nSPS) is 18.0. The Bertz CT molecular complexity index is 1070. The van der Waals surface area contributed by atoms with Crippen molar-refractivity contribution in [2.24, 2.45) is 0 Å². The van der Waals surface area contributed by atoms with Gasteiger partial charge >= 0.3 is 0 Å². The standard InChI is InChI=1S/C27H33N3O3/c1-4-25(31)28-23-11-10-20-16-24(27(33)29-12-6-5-7-13-29)30(17-22(20)15-23)26(32)21-9-8-18(2)19(3)14-21/h8-11,14-15,24H,4-7,12-13,16-17H2,1-3H3,(H,28,31). The largest absolute Gasteiger partial charge is 0.341 e. The zero-order chi connectivity index (χ0) is 23.5. The highest BCUT2D eigenvalue weighted by Crippen LogP contribution is 2.29. The van der Waals surface area contributed by atoms with Crippen molar-refractivity contribution in [2.75, 3.05) is 18.4 Å². The third-order valence-corrected chi connectivity index (χ3v) is 6.91. The minimum Gasteiger partial charge on any atom is -0.341 e. The maximum Gasteiger partial charge on any atom is 0.254 e. The number of amides is 3. The van der Waals surface area contributed by atoms with Crippen molar-refractivity contribution < 1.29 is 14.4 Å². The van der Waals surface area contributed by atoms with Gasteiger partial charge in [0.05, 0.1) is 0 Å². The van der Waals surface area contributed by atoms with E-state index in [9.17, 15) is 14.4 Å². The van der Waals surface area contributed by atoms with Crippen LogP contribution in [0.2, 0.25) is 0 Å². The molecular formula is C27H33N3O3. The summed E-state index contributed by atoms with van der Waals surface area (Å²) in [6.45, 7) is 7.70. The molecule has 6 heteroatoms. The molecule has 4 rings (SSSR count). The first kappa shape index (κ1) is 23.0.